The molecule has 78 valence electrons. The summed E-state index contributed by atoms with van der Waals surface area (Å²) in [5.74, 6) is 0. The number of aromatic nitrogens is 1. The quantitative estimate of drug-likeness (QED) is 0.762. The van der Waals surface area contributed by atoms with E-state index < -0.39 is 0 Å². The van der Waals surface area contributed by atoms with Gasteiger partial charge in [0.15, 0.2) is 0 Å². The molecule has 2 nitrogen and oxygen atoms in total. The third-order valence-electron chi connectivity index (χ3n) is 2.12. The summed E-state index contributed by atoms with van der Waals surface area (Å²) in [7, 11) is 0. The van der Waals surface area contributed by atoms with Crippen molar-refractivity contribution in [1.82, 2.24) is 4.98 Å². The molecule has 0 aliphatic carbocycles. The predicted molar refractivity (Wildman–Crippen MR) is 65.1 cm³/mol. The van der Waals surface area contributed by atoms with Crippen molar-refractivity contribution in [2.45, 2.75) is 26.3 Å². The Bertz CT molecular complexity index is 469. The smallest absolute Gasteiger partial charge is 0.0703 e. The number of fused-ring (bicyclic) bond motifs is 1. The molecular formula is C13H16N2. The Morgan fingerprint density at radius 3 is 2.67 bits per heavy atom. The molecule has 0 spiro atoms. The first-order valence-electron chi connectivity index (χ1n) is 5.18. The molecule has 0 bridgehead atoms. The predicted octanol–water partition coefficient (Wildman–Crippen LogP) is 3.45. The molecule has 2 rings (SSSR count). The van der Waals surface area contributed by atoms with E-state index in [0.29, 0.717) is 0 Å². The van der Waals surface area contributed by atoms with Crippen molar-refractivity contribution in [2.75, 3.05) is 5.32 Å². The average Bonchev–Trinajstić information content (AvgIpc) is 2.15. The molecular weight excluding hydrogens is 184 g/mol. The van der Waals surface area contributed by atoms with Crippen LogP contribution in [-0.2, 0) is 0 Å². The molecule has 0 saturated carbocycles. The second kappa shape index (κ2) is 3.54. The number of hydrogen-bond acceptors (Lipinski definition) is 2. The molecule has 1 N–H and O–H groups in total. The number of rotatable bonds is 1. The van der Waals surface area contributed by atoms with Gasteiger partial charge in [0, 0.05) is 22.8 Å². The minimum Gasteiger partial charge on any atom is -0.380 e. The van der Waals surface area contributed by atoms with Crippen LogP contribution in [0.5, 0.6) is 0 Å². The highest BCUT2D eigenvalue weighted by Gasteiger charge is 2.08. The molecule has 0 aliphatic heterocycles. The highest BCUT2D eigenvalue weighted by molar-refractivity contribution is 5.82. The van der Waals surface area contributed by atoms with Crippen LogP contribution in [0.15, 0.2) is 36.5 Å². The summed E-state index contributed by atoms with van der Waals surface area (Å²) in [6, 6.07) is 10.3. The Hall–Kier alpha value is -1.57. The molecule has 0 amide bonds. The monoisotopic (exact) mass is 200 g/mol. The average molecular weight is 200 g/mol. The molecule has 1 aromatic carbocycles. The lowest BCUT2D eigenvalue weighted by Gasteiger charge is -2.22. The van der Waals surface area contributed by atoms with Crippen LogP contribution in [0.3, 0.4) is 0 Å². The minimum absolute atomic E-state index is 0.0931. The van der Waals surface area contributed by atoms with E-state index in [0.717, 1.165) is 11.2 Å². The first-order chi connectivity index (χ1) is 7.04. The van der Waals surface area contributed by atoms with Crippen molar-refractivity contribution in [3.8, 4) is 0 Å². The molecule has 2 aromatic rings. The molecule has 0 saturated heterocycles. The lowest BCUT2D eigenvalue weighted by molar-refractivity contribution is 0.634. The van der Waals surface area contributed by atoms with Crippen molar-refractivity contribution < 1.29 is 0 Å². The number of nitrogens with zero attached hydrogens (tertiary/aromatic N) is 1. The fraction of sp³-hybridized carbons (Fsp3) is 0.308. The molecule has 0 radical (unpaired) electrons. The van der Waals surface area contributed by atoms with Crippen LogP contribution in [0.2, 0.25) is 0 Å². The van der Waals surface area contributed by atoms with Crippen molar-refractivity contribution in [1.29, 1.82) is 0 Å². The normalized spacial score (nSPS) is 11.7. The lowest BCUT2D eigenvalue weighted by Crippen LogP contribution is -2.25. The van der Waals surface area contributed by atoms with Gasteiger partial charge in [0.2, 0.25) is 0 Å². The first kappa shape index (κ1) is 9.97. The summed E-state index contributed by atoms with van der Waals surface area (Å²) in [4.78, 5) is 4.29. The van der Waals surface area contributed by atoms with Crippen molar-refractivity contribution in [3.63, 3.8) is 0 Å². The van der Waals surface area contributed by atoms with Gasteiger partial charge in [-0.3, -0.25) is 4.98 Å². The molecule has 0 unspecified atom stereocenters. The zero-order chi connectivity index (χ0) is 10.9. The maximum Gasteiger partial charge on any atom is 0.0703 e. The van der Waals surface area contributed by atoms with Crippen LogP contribution in [0.1, 0.15) is 20.8 Å². The summed E-state index contributed by atoms with van der Waals surface area (Å²) in [5.41, 5.74) is 2.27. The Balaban J connectivity index is 2.39. The molecule has 0 atom stereocenters. The summed E-state index contributed by atoms with van der Waals surface area (Å²) in [6.07, 6.45) is 1.82. The number of pyridine rings is 1. The van der Waals surface area contributed by atoms with Gasteiger partial charge in [-0.1, -0.05) is 6.07 Å². The summed E-state index contributed by atoms with van der Waals surface area (Å²) in [6.45, 7) is 6.46. The van der Waals surface area contributed by atoms with E-state index in [4.69, 9.17) is 0 Å². The summed E-state index contributed by atoms with van der Waals surface area (Å²) >= 11 is 0. The van der Waals surface area contributed by atoms with E-state index in [1.807, 2.05) is 18.3 Å². The number of anilines is 1. The van der Waals surface area contributed by atoms with Crippen molar-refractivity contribution >= 4 is 16.6 Å². The van der Waals surface area contributed by atoms with Gasteiger partial charge in [-0.15, -0.1) is 0 Å². The maximum atomic E-state index is 4.29. The second-order valence-electron chi connectivity index (χ2n) is 4.79. The topological polar surface area (TPSA) is 24.9 Å². The van der Waals surface area contributed by atoms with Crippen molar-refractivity contribution in [3.05, 3.63) is 36.5 Å². The van der Waals surface area contributed by atoms with Gasteiger partial charge in [-0.05, 0) is 45.0 Å². The number of hydrogen-bond donors (Lipinski definition) is 1. The SMILES string of the molecule is CC(C)(C)Nc1ccc2ncccc2c1. The lowest BCUT2D eigenvalue weighted by atomic mass is 10.1. The molecule has 15 heavy (non-hydrogen) atoms. The van der Waals surface area contributed by atoms with E-state index in [-0.39, 0.29) is 5.54 Å². The van der Waals surface area contributed by atoms with Crippen LogP contribution >= 0.6 is 0 Å². The Kier molecular flexibility index (Phi) is 2.35. The number of benzene rings is 1. The molecule has 0 aliphatic rings. The standard InChI is InChI=1S/C13H16N2/c1-13(2,3)15-11-6-7-12-10(9-11)5-4-8-14-12/h4-9,15H,1-3H3. The Morgan fingerprint density at radius 1 is 1.13 bits per heavy atom. The van der Waals surface area contributed by atoms with Crippen LogP contribution < -0.4 is 5.32 Å². The van der Waals surface area contributed by atoms with Gasteiger partial charge in [0.25, 0.3) is 0 Å². The van der Waals surface area contributed by atoms with Gasteiger partial charge in [-0.2, -0.15) is 0 Å². The minimum atomic E-state index is 0.0931. The summed E-state index contributed by atoms with van der Waals surface area (Å²) in [5, 5.41) is 4.62. The van der Waals surface area contributed by atoms with Gasteiger partial charge in [-0.25, -0.2) is 0 Å². The largest absolute Gasteiger partial charge is 0.380 e. The molecule has 2 heteroatoms. The number of nitrogens with one attached hydrogen (secondary N) is 1. The fourth-order valence-electron chi connectivity index (χ4n) is 1.59. The zero-order valence-corrected chi connectivity index (χ0v) is 9.41. The third kappa shape index (κ3) is 2.46. The maximum absolute atomic E-state index is 4.29. The van der Waals surface area contributed by atoms with Crippen LogP contribution in [0, 0.1) is 0 Å². The van der Waals surface area contributed by atoms with Crippen LogP contribution in [-0.4, -0.2) is 10.5 Å². The first-order valence-corrected chi connectivity index (χ1v) is 5.18. The van der Waals surface area contributed by atoms with Gasteiger partial charge in [0.05, 0.1) is 5.52 Å². The second-order valence-corrected chi connectivity index (χ2v) is 4.79. The Labute approximate surface area is 90.3 Å². The van der Waals surface area contributed by atoms with E-state index in [1.54, 1.807) is 0 Å². The summed E-state index contributed by atoms with van der Waals surface area (Å²) < 4.78 is 0. The van der Waals surface area contributed by atoms with Crippen molar-refractivity contribution in [2.24, 2.45) is 0 Å². The zero-order valence-electron chi connectivity index (χ0n) is 9.41. The van der Waals surface area contributed by atoms with Crippen LogP contribution in [0.4, 0.5) is 5.69 Å². The van der Waals surface area contributed by atoms with E-state index >= 15 is 0 Å². The molecule has 0 fully saturated rings. The van der Waals surface area contributed by atoms with Gasteiger partial charge in [0.1, 0.15) is 0 Å². The van der Waals surface area contributed by atoms with E-state index in [9.17, 15) is 0 Å². The highest BCUT2D eigenvalue weighted by atomic mass is 14.9. The van der Waals surface area contributed by atoms with E-state index in [1.165, 1.54) is 5.39 Å². The molecule has 1 aromatic heterocycles. The van der Waals surface area contributed by atoms with Crippen LogP contribution in [0.25, 0.3) is 10.9 Å². The van der Waals surface area contributed by atoms with E-state index in [2.05, 4.69) is 49.3 Å². The Morgan fingerprint density at radius 2 is 1.93 bits per heavy atom. The highest BCUT2D eigenvalue weighted by Crippen LogP contribution is 2.19. The third-order valence-corrected chi connectivity index (χ3v) is 2.12. The fourth-order valence-corrected chi connectivity index (χ4v) is 1.59. The molecule has 1 heterocycles. The van der Waals surface area contributed by atoms with Gasteiger partial charge < -0.3 is 5.32 Å². The van der Waals surface area contributed by atoms with Gasteiger partial charge >= 0.3 is 0 Å².